The van der Waals surface area contributed by atoms with E-state index in [0.717, 1.165) is 18.4 Å². The number of nitrogens with one attached hydrogen (secondary N) is 1. The molecule has 0 spiro atoms. The zero-order chi connectivity index (χ0) is 27.1. The van der Waals surface area contributed by atoms with Gasteiger partial charge in [-0.1, -0.05) is 42.8 Å². The topological polar surface area (TPSA) is 99.1 Å². The minimum Gasteiger partial charge on any atom is -0.486 e. The molecule has 8 heteroatoms. The zero-order valence-electron chi connectivity index (χ0n) is 21.8. The molecule has 7 unspecified atom stereocenters. The van der Waals surface area contributed by atoms with Gasteiger partial charge in [0.05, 0.1) is 18.6 Å². The Labute approximate surface area is 227 Å². The van der Waals surface area contributed by atoms with Crippen molar-refractivity contribution in [3.05, 3.63) is 77.1 Å². The van der Waals surface area contributed by atoms with Gasteiger partial charge in [0.15, 0.2) is 0 Å². The van der Waals surface area contributed by atoms with Crippen LogP contribution in [0.2, 0.25) is 0 Å². The van der Waals surface area contributed by atoms with Crippen LogP contribution in [0, 0.1) is 23.6 Å². The number of amides is 2. The number of aliphatic hydroxyl groups is 2. The van der Waals surface area contributed by atoms with E-state index in [4.69, 9.17) is 4.74 Å². The highest BCUT2D eigenvalue weighted by atomic mass is 19.1. The number of carbonyl (C=O) groups excluding carboxylic acids is 2. The highest BCUT2D eigenvalue weighted by Crippen LogP contribution is 2.50. The average molecular weight is 535 g/mol. The lowest BCUT2D eigenvalue weighted by Crippen LogP contribution is -2.55. The third-order valence-corrected chi connectivity index (χ3v) is 9.18. The summed E-state index contributed by atoms with van der Waals surface area (Å²) in [7, 11) is 0. The van der Waals surface area contributed by atoms with E-state index in [0.29, 0.717) is 35.1 Å². The van der Waals surface area contributed by atoms with Crippen molar-refractivity contribution in [1.82, 2.24) is 10.2 Å². The van der Waals surface area contributed by atoms with Crippen LogP contribution in [0.1, 0.15) is 49.1 Å². The van der Waals surface area contributed by atoms with Gasteiger partial charge in [-0.3, -0.25) is 9.59 Å². The fourth-order valence-electron chi connectivity index (χ4n) is 7.33. The molecule has 1 heterocycles. The molecule has 7 atom stereocenters. The first-order valence-electron chi connectivity index (χ1n) is 14.0. The number of hydrogen-bond acceptors (Lipinski definition) is 5. The number of ether oxygens (including phenoxy) is 1. The van der Waals surface area contributed by atoms with Gasteiger partial charge in [-0.15, -0.1) is 0 Å². The molecule has 2 fully saturated rings. The van der Waals surface area contributed by atoms with Crippen LogP contribution in [0.5, 0.6) is 5.75 Å². The van der Waals surface area contributed by atoms with E-state index in [-0.39, 0.29) is 37.4 Å². The summed E-state index contributed by atoms with van der Waals surface area (Å²) in [6.45, 7) is -0.167. The maximum absolute atomic E-state index is 14.8. The number of aliphatic hydroxyl groups excluding tert-OH is 2. The van der Waals surface area contributed by atoms with E-state index in [9.17, 15) is 24.2 Å². The number of benzene rings is 2. The maximum Gasteiger partial charge on any atom is 0.247 e. The Morgan fingerprint density at radius 1 is 1.08 bits per heavy atom. The van der Waals surface area contributed by atoms with Gasteiger partial charge < -0.3 is 25.2 Å². The van der Waals surface area contributed by atoms with Gasteiger partial charge in [-0.2, -0.15) is 0 Å². The van der Waals surface area contributed by atoms with Crippen LogP contribution in [0.4, 0.5) is 4.39 Å². The summed E-state index contributed by atoms with van der Waals surface area (Å²) in [4.78, 5) is 28.9. The van der Waals surface area contributed by atoms with E-state index < -0.39 is 30.0 Å². The average Bonchev–Trinajstić information content (AvgIpc) is 3.67. The monoisotopic (exact) mass is 534 g/mol. The summed E-state index contributed by atoms with van der Waals surface area (Å²) in [6, 6.07) is 12.8. The van der Waals surface area contributed by atoms with Crippen molar-refractivity contribution in [2.75, 3.05) is 13.2 Å². The summed E-state index contributed by atoms with van der Waals surface area (Å²) >= 11 is 0. The van der Waals surface area contributed by atoms with Gasteiger partial charge in [0.1, 0.15) is 23.8 Å². The second-order valence-electron chi connectivity index (χ2n) is 11.4. The molecule has 4 aliphatic rings. The van der Waals surface area contributed by atoms with Crippen LogP contribution in [0.15, 0.2) is 60.2 Å². The normalized spacial score (nSPS) is 30.2. The predicted molar refractivity (Wildman–Crippen MR) is 142 cm³/mol. The van der Waals surface area contributed by atoms with E-state index in [2.05, 4.69) is 5.32 Å². The first-order valence-corrected chi connectivity index (χ1v) is 14.0. The number of carbonyl (C=O) groups is 2. The molecule has 0 radical (unpaired) electrons. The lowest BCUT2D eigenvalue weighted by molar-refractivity contribution is -0.139. The Morgan fingerprint density at radius 3 is 2.62 bits per heavy atom. The summed E-state index contributed by atoms with van der Waals surface area (Å²) in [6.07, 6.45) is 4.65. The van der Waals surface area contributed by atoms with Crippen LogP contribution in [-0.4, -0.2) is 58.3 Å². The fraction of sp³-hybridized carbons (Fsp3) is 0.484. The minimum atomic E-state index is -1.13. The van der Waals surface area contributed by atoms with Crippen molar-refractivity contribution in [3.8, 4) is 5.75 Å². The minimum absolute atomic E-state index is 0.0274. The summed E-state index contributed by atoms with van der Waals surface area (Å²) in [5, 5.41) is 23.7. The zero-order valence-corrected chi connectivity index (χ0v) is 21.8. The Bertz CT molecular complexity index is 1280. The maximum atomic E-state index is 14.8. The molecule has 3 aliphatic carbocycles. The van der Waals surface area contributed by atoms with Gasteiger partial charge >= 0.3 is 0 Å². The third kappa shape index (κ3) is 4.85. The summed E-state index contributed by atoms with van der Waals surface area (Å²) in [5.74, 6) is 0.606. The second-order valence-corrected chi connectivity index (χ2v) is 11.4. The molecular weight excluding hydrogens is 499 g/mol. The van der Waals surface area contributed by atoms with Crippen LogP contribution < -0.4 is 10.1 Å². The molecule has 1 aliphatic heterocycles. The molecule has 7 nitrogen and oxygen atoms in total. The van der Waals surface area contributed by atoms with Crippen LogP contribution in [0.25, 0.3) is 0 Å². The molecule has 2 aromatic carbocycles. The molecule has 6 rings (SSSR count). The third-order valence-electron chi connectivity index (χ3n) is 9.18. The van der Waals surface area contributed by atoms with Crippen molar-refractivity contribution >= 4 is 11.8 Å². The Hall–Kier alpha value is -3.23. The van der Waals surface area contributed by atoms with Crippen LogP contribution in [-0.2, 0) is 16.1 Å². The van der Waals surface area contributed by atoms with Gasteiger partial charge in [-0.05, 0) is 55.2 Å². The van der Waals surface area contributed by atoms with Crippen molar-refractivity contribution < 1.29 is 28.9 Å². The second kappa shape index (κ2) is 10.7. The predicted octanol–water partition coefficient (Wildman–Crippen LogP) is 3.30. The highest BCUT2D eigenvalue weighted by molar-refractivity contribution is 5.96. The Balaban J connectivity index is 1.37. The molecule has 3 N–H and O–H groups in total. The molecule has 0 saturated heterocycles. The Kier molecular flexibility index (Phi) is 7.16. The molecule has 2 amide bonds. The molecule has 206 valence electrons. The van der Waals surface area contributed by atoms with Gasteiger partial charge in [0.25, 0.3) is 0 Å². The molecule has 39 heavy (non-hydrogen) atoms. The number of nitrogens with zero attached hydrogens (tertiary/aromatic N) is 1. The van der Waals surface area contributed by atoms with Crippen LogP contribution in [0.3, 0.4) is 0 Å². The summed E-state index contributed by atoms with van der Waals surface area (Å²) in [5.41, 5.74) is 1.52. The summed E-state index contributed by atoms with van der Waals surface area (Å²) < 4.78 is 21.0. The fourth-order valence-corrected chi connectivity index (χ4v) is 7.33. The van der Waals surface area contributed by atoms with Gasteiger partial charge in [0.2, 0.25) is 11.8 Å². The number of halogens is 1. The van der Waals surface area contributed by atoms with Gasteiger partial charge in [-0.25, -0.2) is 4.39 Å². The van der Waals surface area contributed by atoms with E-state index in [1.807, 2.05) is 18.2 Å². The number of rotatable bonds is 8. The van der Waals surface area contributed by atoms with Crippen molar-refractivity contribution in [3.63, 3.8) is 0 Å². The first-order chi connectivity index (χ1) is 18.9. The number of fused-ring (bicyclic) bond motifs is 5. The van der Waals surface area contributed by atoms with E-state index >= 15 is 0 Å². The largest absolute Gasteiger partial charge is 0.486 e. The molecule has 2 aromatic rings. The van der Waals surface area contributed by atoms with E-state index in [1.54, 1.807) is 30.3 Å². The lowest BCUT2D eigenvalue weighted by atomic mass is 9.77. The SMILES string of the molecule is O=C(NCCO)C1=CC(N(Cc2ccccc2F)C(=O)CC2CC3CCC2C3)C(O)C2Oc3ccccc3C12. The molecule has 2 saturated carbocycles. The Morgan fingerprint density at radius 2 is 1.87 bits per heavy atom. The van der Waals surface area contributed by atoms with Crippen LogP contribution >= 0.6 is 0 Å². The standard InChI is InChI=1S/C31H35FN2O5/c32-24-7-3-1-5-20(24)17-34(27(36)15-21-14-18-9-10-19(21)13-18)25-16-23(31(38)33-11-12-35)28-22-6-2-4-8-26(22)39-30(28)29(25)37/h1-8,16,18-19,21,25,28-30,35,37H,9-15,17H2,(H,33,38). The number of para-hydroxylation sites is 1. The van der Waals surface area contributed by atoms with Crippen molar-refractivity contribution in [2.24, 2.45) is 17.8 Å². The van der Waals surface area contributed by atoms with Crippen molar-refractivity contribution in [2.45, 2.75) is 62.8 Å². The molecular formula is C31H35FN2O5. The lowest BCUT2D eigenvalue weighted by Gasteiger charge is -2.41. The number of hydrogen-bond donors (Lipinski definition) is 3. The van der Waals surface area contributed by atoms with Gasteiger partial charge in [0, 0.05) is 36.2 Å². The van der Waals surface area contributed by atoms with E-state index in [1.165, 1.54) is 23.8 Å². The molecule has 0 aromatic heterocycles. The smallest absolute Gasteiger partial charge is 0.247 e. The highest BCUT2D eigenvalue weighted by Gasteiger charge is 2.51. The van der Waals surface area contributed by atoms with Crippen molar-refractivity contribution in [1.29, 1.82) is 0 Å². The molecule has 2 bridgehead atoms. The first kappa shape index (κ1) is 26.0. The quantitative estimate of drug-likeness (QED) is 0.483.